The molecule has 5 fully saturated rings. The SMILES string of the molecule is CC(=O)OC1C(OC2CC3C4CC=C5CC(O)CCC5(C)C4CCC3(C)C2(O)OC(C)C(=O)CCC(C)C)OCC(O)C1OC1OCC(O)C(O)C1OC(=O)C=Cc1ccccc1. The fourth-order valence-electron chi connectivity index (χ4n) is 11.5. The Kier molecular flexibility index (Phi) is 14.7. The number of benzene rings is 1. The summed E-state index contributed by atoms with van der Waals surface area (Å²) in [5.74, 6) is -3.23. The van der Waals surface area contributed by atoms with Crippen molar-refractivity contribution in [1.29, 1.82) is 0 Å². The largest absolute Gasteiger partial charge is 0.454 e. The molecule has 4 aliphatic carbocycles. The predicted molar refractivity (Wildman–Crippen MR) is 226 cm³/mol. The summed E-state index contributed by atoms with van der Waals surface area (Å²) < 4.78 is 42.8. The van der Waals surface area contributed by atoms with Gasteiger partial charge in [-0.15, -0.1) is 0 Å². The summed E-state index contributed by atoms with van der Waals surface area (Å²) in [5, 5.41) is 56.7. The summed E-state index contributed by atoms with van der Waals surface area (Å²) >= 11 is 0. The molecule has 17 atom stereocenters. The first kappa shape index (κ1) is 47.9. The number of aliphatic hydroxyl groups is 5. The molecule has 7 rings (SSSR count). The molecule has 5 N–H and O–H groups in total. The standard InChI is InChI=1S/C48H68O15/c1-26(2)12-16-35(51)27(3)63-48(56)38(23-34-32-15-14-30-22-31(50)18-20-46(30,5)33(32)19-21-47(34,48)6)60-45-43(59-28(4)49)41(37(53)25-58-45)62-44-42(40(55)36(52)24-57-44)61-39(54)17-13-29-10-8-7-9-11-29/h7-11,13-14,17,26-27,31-34,36-38,40-45,50,52-53,55-56H,12,15-16,18-25H2,1-6H3. The first-order chi connectivity index (χ1) is 29.8. The fourth-order valence-corrected chi connectivity index (χ4v) is 11.5. The zero-order valence-electron chi connectivity index (χ0n) is 37.4. The van der Waals surface area contributed by atoms with E-state index in [0.717, 1.165) is 31.8 Å². The van der Waals surface area contributed by atoms with Crippen molar-refractivity contribution in [3.05, 3.63) is 53.6 Å². The molecule has 15 nitrogen and oxygen atoms in total. The van der Waals surface area contributed by atoms with Gasteiger partial charge >= 0.3 is 11.9 Å². The highest BCUT2D eigenvalue weighted by molar-refractivity contribution is 5.87. The first-order valence-electron chi connectivity index (χ1n) is 22.8. The lowest BCUT2D eigenvalue weighted by atomic mass is 9.47. The second-order valence-electron chi connectivity index (χ2n) is 19.7. The molecule has 15 heteroatoms. The van der Waals surface area contributed by atoms with Gasteiger partial charge in [-0.1, -0.05) is 69.7 Å². The van der Waals surface area contributed by atoms with E-state index in [1.165, 1.54) is 18.6 Å². The quantitative estimate of drug-likeness (QED) is 0.0768. The van der Waals surface area contributed by atoms with Crippen LogP contribution >= 0.6 is 0 Å². The van der Waals surface area contributed by atoms with Gasteiger partial charge < -0.3 is 58.7 Å². The molecule has 0 radical (unpaired) electrons. The molecule has 0 spiro atoms. The number of fused-ring (bicyclic) bond motifs is 5. The lowest BCUT2D eigenvalue weighted by molar-refractivity contribution is -0.368. The minimum atomic E-state index is -2.01. The number of rotatable bonds is 14. The van der Waals surface area contributed by atoms with Crippen LogP contribution < -0.4 is 0 Å². The van der Waals surface area contributed by atoms with Gasteiger partial charge in [-0.2, -0.15) is 0 Å². The van der Waals surface area contributed by atoms with Crippen molar-refractivity contribution in [3.8, 4) is 0 Å². The van der Waals surface area contributed by atoms with Gasteiger partial charge in [-0.25, -0.2) is 4.79 Å². The van der Waals surface area contributed by atoms with E-state index in [4.69, 9.17) is 33.2 Å². The Bertz CT molecular complexity index is 1840. The van der Waals surface area contributed by atoms with Gasteiger partial charge in [-0.05, 0) is 99.0 Å². The molecule has 6 aliphatic rings. The number of hydrogen-bond acceptors (Lipinski definition) is 15. The van der Waals surface area contributed by atoms with Crippen LogP contribution in [0.25, 0.3) is 6.08 Å². The van der Waals surface area contributed by atoms with Crippen LogP contribution in [0.3, 0.4) is 0 Å². The van der Waals surface area contributed by atoms with Crippen LogP contribution in [-0.4, -0.2) is 130 Å². The van der Waals surface area contributed by atoms with Gasteiger partial charge in [0.2, 0.25) is 0 Å². The third-order valence-electron chi connectivity index (χ3n) is 15.2. The zero-order valence-corrected chi connectivity index (χ0v) is 37.4. The number of allylic oxidation sites excluding steroid dienone is 1. The van der Waals surface area contributed by atoms with Gasteiger partial charge in [0.15, 0.2) is 36.4 Å². The number of hydrogen-bond donors (Lipinski definition) is 5. The van der Waals surface area contributed by atoms with Gasteiger partial charge in [0.25, 0.3) is 0 Å². The summed E-state index contributed by atoms with van der Waals surface area (Å²) in [4.78, 5) is 39.4. The maximum absolute atomic E-state index is 13.6. The lowest BCUT2D eigenvalue weighted by Gasteiger charge is -2.58. The molecule has 63 heavy (non-hydrogen) atoms. The van der Waals surface area contributed by atoms with E-state index in [0.29, 0.717) is 31.2 Å². The Morgan fingerprint density at radius 1 is 0.873 bits per heavy atom. The molecule has 2 saturated heterocycles. The molecule has 2 heterocycles. The first-order valence-corrected chi connectivity index (χ1v) is 22.8. The van der Waals surface area contributed by atoms with E-state index in [1.807, 2.05) is 26.8 Å². The highest BCUT2D eigenvalue weighted by Gasteiger charge is 2.70. The molecular formula is C48H68O15. The van der Waals surface area contributed by atoms with Gasteiger partial charge in [0.05, 0.1) is 19.3 Å². The third kappa shape index (κ3) is 9.75. The van der Waals surface area contributed by atoms with Crippen LogP contribution in [0.1, 0.15) is 105 Å². The number of ether oxygens (including phenoxy) is 7. The van der Waals surface area contributed by atoms with E-state index in [2.05, 4.69) is 13.0 Å². The summed E-state index contributed by atoms with van der Waals surface area (Å²) in [6, 6.07) is 8.98. The summed E-state index contributed by atoms with van der Waals surface area (Å²) in [5.41, 5.74) is 1.01. The van der Waals surface area contributed by atoms with Crippen molar-refractivity contribution in [2.45, 2.75) is 173 Å². The third-order valence-corrected chi connectivity index (χ3v) is 15.2. The molecule has 2 aliphatic heterocycles. The van der Waals surface area contributed by atoms with Gasteiger partial charge in [0.1, 0.15) is 36.6 Å². The highest BCUT2D eigenvalue weighted by atomic mass is 16.8. The second kappa shape index (κ2) is 19.4. The smallest absolute Gasteiger partial charge is 0.331 e. The van der Waals surface area contributed by atoms with E-state index in [-0.39, 0.29) is 54.0 Å². The molecule has 1 aromatic carbocycles. The van der Waals surface area contributed by atoms with E-state index < -0.39 is 91.2 Å². The Hall–Kier alpha value is -3.09. The molecule has 0 amide bonds. The summed E-state index contributed by atoms with van der Waals surface area (Å²) in [6.45, 7) is 10.4. The van der Waals surface area contributed by atoms with E-state index in [9.17, 15) is 39.9 Å². The lowest BCUT2D eigenvalue weighted by Crippen LogP contribution is -2.63. The number of Topliss-reactive ketones (excluding diaryl/α,β-unsaturated/α-hetero) is 1. The van der Waals surface area contributed by atoms with Crippen molar-refractivity contribution < 1.29 is 73.1 Å². The maximum Gasteiger partial charge on any atom is 0.331 e. The average molecular weight is 885 g/mol. The van der Waals surface area contributed by atoms with Crippen molar-refractivity contribution in [3.63, 3.8) is 0 Å². The monoisotopic (exact) mass is 884 g/mol. The molecule has 17 unspecified atom stereocenters. The summed E-state index contributed by atoms with van der Waals surface area (Å²) in [6.07, 6.45) is -3.94. The van der Waals surface area contributed by atoms with E-state index >= 15 is 0 Å². The summed E-state index contributed by atoms with van der Waals surface area (Å²) in [7, 11) is 0. The van der Waals surface area contributed by atoms with Gasteiger partial charge in [-0.3, -0.25) is 9.59 Å². The van der Waals surface area contributed by atoms with Crippen LogP contribution in [0.5, 0.6) is 0 Å². The Labute approximate surface area is 370 Å². The Morgan fingerprint density at radius 3 is 2.27 bits per heavy atom. The Morgan fingerprint density at radius 2 is 1.57 bits per heavy atom. The fraction of sp³-hybridized carbons (Fsp3) is 0.729. The number of ketones is 1. The molecular weight excluding hydrogens is 817 g/mol. The van der Waals surface area contributed by atoms with Crippen molar-refractivity contribution >= 4 is 23.8 Å². The second-order valence-corrected chi connectivity index (χ2v) is 19.7. The minimum Gasteiger partial charge on any atom is -0.454 e. The number of esters is 2. The van der Waals surface area contributed by atoms with Crippen molar-refractivity contribution in [2.24, 2.45) is 34.5 Å². The predicted octanol–water partition coefficient (Wildman–Crippen LogP) is 4.14. The van der Waals surface area contributed by atoms with Crippen LogP contribution in [0.2, 0.25) is 0 Å². The Balaban J connectivity index is 1.16. The number of aliphatic hydroxyl groups excluding tert-OH is 4. The average Bonchev–Trinajstić information content (AvgIpc) is 3.46. The van der Waals surface area contributed by atoms with Crippen LogP contribution in [0, 0.1) is 34.5 Å². The topological polar surface area (TPSA) is 217 Å². The van der Waals surface area contributed by atoms with Crippen LogP contribution in [0.15, 0.2) is 48.1 Å². The molecule has 3 saturated carbocycles. The van der Waals surface area contributed by atoms with Crippen LogP contribution in [0.4, 0.5) is 0 Å². The normalized spacial score (nSPS) is 41.8. The van der Waals surface area contributed by atoms with E-state index in [1.54, 1.807) is 31.2 Å². The highest BCUT2D eigenvalue weighted by Crippen LogP contribution is 2.68. The minimum absolute atomic E-state index is 0.107. The van der Waals surface area contributed by atoms with Crippen molar-refractivity contribution in [1.82, 2.24) is 0 Å². The molecule has 350 valence electrons. The van der Waals surface area contributed by atoms with Crippen molar-refractivity contribution in [2.75, 3.05) is 13.2 Å². The number of carbonyl (C=O) groups excluding carboxylic acids is 3. The molecule has 0 bridgehead atoms. The maximum atomic E-state index is 13.6. The molecule has 0 aromatic heterocycles. The molecule has 1 aromatic rings. The van der Waals surface area contributed by atoms with Crippen LogP contribution in [-0.2, 0) is 47.5 Å². The zero-order chi connectivity index (χ0) is 45.4. The van der Waals surface area contributed by atoms with Gasteiger partial charge in [0, 0.05) is 24.8 Å². The number of carbonyl (C=O) groups is 3.